The third-order valence-corrected chi connectivity index (χ3v) is 3.29. The normalized spacial score (nSPS) is 10.8. The number of rotatable bonds is 2. The molecule has 2 aromatic heterocycles. The minimum atomic E-state index is 0.456. The van der Waals surface area contributed by atoms with Gasteiger partial charge < -0.3 is 0 Å². The smallest absolute Gasteiger partial charge is 0.170 e. The molecule has 0 atom stereocenters. The van der Waals surface area contributed by atoms with Gasteiger partial charge in [0.2, 0.25) is 0 Å². The Balaban J connectivity index is 2.29. The van der Waals surface area contributed by atoms with Gasteiger partial charge in [0.1, 0.15) is 11.3 Å². The van der Waals surface area contributed by atoms with Gasteiger partial charge >= 0.3 is 0 Å². The molecule has 0 aliphatic heterocycles. The van der Waals surface area contributed by atoms with Crippen molar-refractivity contribution >= 4 is 11.9 Å². The Hall–Kier alpha value is -2.42. The average molecular weight is 250 g/mol. The number of imidazole rings is 1. The van der Waals surface area contributed by atoms with Crippen molar-refractivity contribution in [2.75, 3.05) is 0 Å². The quantitative estimate of drug-likeness (QED) is 0.653. The first-order valence-electron chi connectivity index (χ1n) is 6.20. The molecule has 0 N–H and O–H groups in total. The number of nitrogens with zero attached hydrogens (tertiary/aromatic N) is 2. The molecule has 0 unspecified atom stereocenters. The molecule has 0 saturated heterocycles. The number of aldehydes is 1. The van der Waals surface area contributed by atoms with Gasteiger partial charge in [0, 0.05) is 11.8 Å². The summed E-state index contributed by atoms with van der Waals surface area (Å²) in [6.07, 6.45) is 2.55. The van der Waals surface area contributed by atoms with Crippen molar-refractivity contribution in [3.63, 3.8) is 0 Å². The molecule has 3 nitrogen and oxygen atoms in total. The molecule has 0 fully saturated rings. The zero-order valence-corrected chi connectivity index (χ0v) is 10.9. The molecule has 0 bridgehead atoms. The monoisotopic (exact) mass is 250 g/mol. The number of hydrogen-bond donors (Lipinski definition) is 0. The van der Waals surface area contributed by atoms with Crippen molar-refractivity contribution in [1.82, 2.24) is 9.38 Å². The fourth-order valence-electron chi connectivity index (χ4n) is 2.41. The SMILES string of the molecule is Cc1ccc(-c2cccc3nc(C=O)cn23)c(C)c1. The third-order valence-electron chi connectivity index (χ3n) is 3.29. The number of benzene rings is 1. The van der Waals surface area contributed by atoms with E-state index in [4.69, 9.17) is 0 Å². The fraction of sp³-hybridized carbons (Fsp3) is 0.125. The maximum atomic E-state index is 10.9. The predicted octanol–water partition coefficient (Wildman–Crippen LogP) is 3.43. The summed E-state index contributed by atoms with van der Waals surface area (Å²) in [5.41, 5.74) is 5.92. The fourth-order valence-corrected chi connectivity index (χ4v) is 2.41. The summed E-state index contributed by atoms with van der Waals surface area (Å²) in [4.78, 5) is 15.1. The third kappa shape index (κ3) is 1.93. The summed E-state index contributed by atoms with van der Waals surface area (Å²) in [5.74, 6) is 0. The van der Waals surface area contributed by atoms with E-state index in [2.05, 4.69) is 37.0 Å². The second-order valence-electron chi connectivity index (χ2n) is 4.74. The van der Waals surface area contributed by atoms with Crippen molar-refractivity contribution in [3.8, 4) is 11.3 Å². The molecule has 94 valence electrons. The van der Waals surface area contributed by atoms with Crippen LogP contribution in [0.4, 0.5) is 0 Å². The Bertz CT molecular complexity index is 772. The van der Waals surface area contributed by atoms with E-state index in [1.807, 2.05) is 22.6 Å². The Morgan fingerprint density at radius 1 is 1.16 bits per heavy atom. The lowest BCUT2D eigenvalue weighted by Crippen LogP contribution is -1.93. The number of pyridine rings is 1. The summed E-state index contributed by atoms with van der Waals surface area (Å²) in [6, 6.07) is 12.3. The van der Waals surface area contributed by atoms with Crippen LogP contribution in [-0.4, -0.2) is 15.7 Å². The van der Waals surface area contributed by atoms with Crippen molar-refractivity contribution < 1.29 is 4.79 Å². The molecule has 19 heavy (non-hydrogen) atoms. The van der Waals surface area contributed by atoms with Crippen molar-refractivity contribution in [2.45, 2.75) is 13.8 Å². The first-order valence-corrected chi connectivity index (χ1v) is 6.20. The minimum Gasteiger partial charge on any atom is -0.299 e. The van der Waals surface area contributed by atoms with Crippen LogP contribution >= 0.6 is 0 Å². The number of carbonyl (C=O) groups excluding carboxylic acids is 1. The number of aromatic nitrogens is 2. The van der Waals surface area contributed by atoms with Gasteiger partial charge in [0.05, 0.1) is 5.69 Å². The molecule has 3 heteroatoms. The van der Waals surface area contributed by atoms with Crippen LogP contribution in [0.2, 0.25) is 0 Å². The number of fused-ring (bicyclic) bond motifs is 1. The molecule has 0 aliphatic carbocycles. The van der Waals surface area contributed by atoms with Crippen LogP contribution in [0.1, 0.15) is 21.6 Å². The number of carbonyl (C=O) groups is 1. The first-order chi connectivity index (χ1) is 9.19. The van der Waals surface area contributed by atoms with E-state index >= 15 is 0 Å². The van der Waals surface area contributed by atoms with Gasteiger partial charge in [-0.05, 0) is 31.5 Å². The van der Waals surface area contributed by atoms with Gasteiger partial charge in [-0.15, -0.1) is 0 Å². The summed E-state index contributed by atoms with van der Waals surface area (Å²) >= 11 is 0. The minimum absolute atomic E-state index is 0.456. The Morgan fingerprint density at radius 3 is 2.74 bits per heavy atom. The molecule has 0 radical (unpaired) electrons. The van der Waals surface area contributed by atoms with Crippen molar-refractivity contribution in [1.29, 1.82) is 0 Å². The lowest BCUT2D eigenvalue weighted by atomic mass is 10.0. The molecule has 0 saturated carbocycles. The maximum Gasteiger partial charge on any atom is 0.170 e. The van der Waals surface area contributed by atoms with Crippen LogP contribution in [0.5, 0.6) is 0 Å². The van der Waals surface area contributed by atoms with Crippen LogP contribution < -0.4 is 0 Å². The van der Waals surface area contributed by atoms with E-state index in [-0.39, 0.29) is 0 Å². The van der Waals surface area contributed by atoms with E-state index in [1.165, 1.54) is 11.1 Å². The summed E-state index contributed by atoms with van der Waals surface area (Å²) < 4.78 is 1.96. The van der Waals surface area contributed by atoms with Gasteiger partial charge in [0.15, 0.2) is 6.29 Å². The number of hydrogen-bond acceptors (Lipinski definition) is 2. The molecule has 3 rings (SSSR count). The Morgan fingerprint density at radius 2 is 2.00 bits per heavy atom. The highest BCUT2D eigenvalue weighted by atomic mass is 16.1. The second-order valence-corrected chi connectivity index (χ2v) is 4.74. The molecule has 0 aliphatic rings. The number of aryl methyl sites for hydroxylation is 2. The lowest BCUT2D eigenvalue weighted by molar-refractivity contribution is 0.111. The summed E-state index contributed by atoms with van der Waals surface area (Å²) in [7, 11) is 0. The van der Waals surface area contributed by atoms with Gasteiger partial charge in [-0.3, -0.25) is 9.20 Å². The molecular formula is C16H14N2O. The maximum absolute atomic E-state index is 10.9. The standard InChI is InChI=1S/C16H14N2O/c1-11-6-7-14(12(2)8-11)15-4-3-5-16-17-13(10-19)9-18(15)16/h3-10H,1-2H3. The van der Waals surface area contributed by atoms with Crippen LogP contribution in [0, 0.1) is 13.8 Å². The highest BCUT2D eigenvalue weighted by Gasteiger charge is 2.08. The second kappa shape index (κ2) is 4.35. The molecule has 0 spiro atoms. The van der Waals surface area contributed by atoms with Crippen LogP contribution in [0.3, 0.4) is 0 Å². The summed E-state index contributed by atoms with van der Waals surface area (Å²) in [5, 5.41) is 0. The van der Waals surface area contributed by atoms with Crippen molar-refractivity contribution in [3.05, 3.63) is 59.4 Å². The predicted molar refractivity (Wildman–Crippen MR) is 75.5 cm³/mol. The largest absolute Gasteiger partial charge is 0.299 e. The zero-order valence-electron chi connectivity index (χ0n) is 10.9. The van der Waals surface area contributed by atoms with Gasteiger partial charge in [0.25, 0.3) is 0 Å². The highest BCUT2D eigenvalue weighted by Crippen LogP contribution is 2.25. The molecule has 3 aromatic rings. The van der Waals surface area contributed by atoms with Gasteiger partial charge in [-0.25, -0.2) is 4.98 Å². The van der Waals surface area contributed by atoms with Gasteiger partial charge in [-0.2, -0.15) is 0 Å². The first kappa shape index (κ1) is 11.7. The Labute approximate surface area is 111 Å². The van der Waals surface area contributed by atoms with Crippen LogP contribution in [0.25, 0.3) is 16.9 Å². The van der Waals surface area contributed by atoms with E-state index in [1.54, 1.807) is 6.20 Å². The van der Waals surface area contributed by atoms with Crippen LogP contribution in [-0.2, 0) is 0 Å². The topological polar surface area (TPSA) is 34.4 Å². The average Bonchev–Trinajstić information content (AvgIpc) is 2.82. The zero-order chi connectivity index (χ0) is 13.4. The van der Waals surface area contributed by atoms with E-state index in [9.17, 15) is 4.79 Å². The molecule has 2 heterocycles. The van der Waals surface area contributed by atoms with E-state index in [0.717, 1.165) is 23.2 Å². The van der Waals surface area contributed by atoms with E-state index in [0.29, 0.717) is 5.69 Å². The highest BCUT2D eigenvalue weighted by molar-refractivity contribution is 5.75. The molecule has 1 aromatic carbocycles. The van der Waals surface area contributed by atoms with Crippen LogP contribution in [0.15, 0.2) is 42.6 Å². The van der Waals surface area contributed by atoms with E-state index < -0.39 is 0 Å². The van der Waals surface area contributed by atoms with Crippen molar-refractivity contribution in [2.24, 2.45) is 0 Å². The summed E-state index contributed by atoms with van der Waals surface area (Å²) in [6.45, 7) is 4.18. The Kier molecular flexibility index (Phi) is 2.67. The molecular weight excluding hydrogens is 236 g/mol. The molecule has 0 amide bonds. The van der Waals surface area contributed by atoms with Gasteiger partial charge in [-0.1, -0.05) is 29.8 Å². The lowest BCUT2D eigenvalue weighted by Gasteiger charge is -2.09.